The second-order valence-electron chi connectivity index (χ2n) is 5.04. The predicted octanol–water partition coefficient (Wildman–Crippen LogP) is 1.87. The Morgan fingerprint density at radius 3 is 2.80 bits per heavy atom. The summed E-state index contributed by atoms with van der Waals surface area (Å²) in [5, 5.41) is 4.30. The Bertz CT molecular complexity index is 638. The maximum absolute atomic E-state index is 12.7. The van der Waals surface area contributed by atoms with Crippen molar-refractivity contribution in [3.63, 3.8) is 0 Å². The highest BCUT2D eigenvalue weighted by molar-refractivity contribution is 6.07. The van der Waals surface area contributed by atoms with Crippen molar-refractivity contribution in [1.82, 2.24) is 14.8 Å². The number of benzene rings is 1. The van der Waals surface area contributed by atoms with Gasteiger partial charge in [0, 0.05) is 49.8 Å². The number of fused-ring (bicyclic) bond motifs is 1. The Hall–Kier alpha value is -2.07. The first-order valence-electron chi connectivity index (χ1n) is 7.00. The smallest absolute Gasteiger partial charge is 0.256 e. The molecule has 1 N–H and O–H groups in total. The third-order valence-electron chi connectivity index (χ3n) is 3.75. The van der Waals surface area contributed by atoms with Crippen molar-refractivity contribution in [2.24, 2.45) is 0 Å². The van der Waals surface area contributed by atoms with E-state index in [0.717, 1.165) is 49.2 Å². The lowest BCUT2D eigenvalue weighted by Crippen LogP contribution is -2.46. The van der Waals surface area contributed by atoms with Crippen LogP contribution in [0.3, 0.4) is 0 Å². The van der Waals surface area contributed by atoms with E-state index in [2.05, 4.69) is 16.5 Å². The minimum Gasteiger partial charge on any atom is -0.343 e. The second-order valence-corrected chi connectivity index (χ2v) is 5.04. The molecular formula is C16H19N3O. The van der Waals surface area contributed by atoms with Crippen molar-refractivity contribution in [3.8, 4) is 0 Å². The van der Waals surface area contributed by atoms with Crippen LogP contribution in [0.2, 0.25) is 0 Å². The molecule has 2 heterocycles. The molecule has 1 fully saturated rings. The van der Waals surface area contributed by atoms with E-state index in [4.69, 9.17) is 0 Å². The number of carbonyl (C=O) groups excluding carboxylic acids is 1. The van der Waals surface area contributed by atoms with Crippen LogP contribution in [0.25, 0.3) is 10.9 Å². The highest BCUT2D eigenvalue weighted by Crippen LogP contribution is 2.23. The topological polar surface area (TPSA) is 37.3 Å². The third kappa shape index (κ3) is 2.23. The Morgan fingerprint density at radius 2 is 2.05 bits per heavy atom. The van der Waals surface area contributed by atoms with E-state index < -0.39 is 0 Å². The van der Waals surface area contributed by atoms with Crippen molar-refractivity contribution in [2.45, 2.75) is 6.54 Å². The maximum Gasteiger partial charge on any atom is 0.256 e. The van der Waals surface area contributed by atoms with Gasteiger partial charge in [-0.05, 0) is 6.07 Å². The lowest BCUT2D eigenvalue weighted by atomic mass is 10.1. The number of nitrogens with one attached hydrogen (secondary N) is 1. The van der Waals surface area contributed by atoms with Gasteiger partial charge in [-0.2, -0.15) is 0 Å². The fourth-order valence-corrected chi connectivity index (χ4v) is 2.75. The number of piperazine rings is 1. The number of amides is 1. The molecule has 3 rings (SSSR count). The van der Waals surface area contributed by atoms with Crippen molar-refractivity contribution >= 4 is 16.8 Å². The zero-order valence-corrected chi connectivity index (χ0v) is 11.5. The maximum atomic E-state index is 12.7. The fraction of sp³-hybridized carbons (Fsp3) is 0.312. The SMILES string of the molecule is C=CCn1cc(C(=O)N2CCNCC2)c2ccccc21. The summed E-state index contributed by atoms with van der Waals surface area (Å²) < 4.78 is 2.08. The molecule has 104 valence electrons. The van der Waals surface area contributed by atoms with Crippen LogP contribution >= 0.6 is 0 Å². The molecule has 0 saturated carbocycles. The van der Waals surface area contributed by atoms with Gasteiger partial charge >= 0.3 is 0 Å². The van der Waals surface area contributed by atoms with Crippen LogP contribution in [0.5, 0.6) is 0 Å². The number of allylic oxidation sites excluding steroid dienone is 1. The Kier molecular flexibility index (Phi) is 3.56. The van der Waals surface area contributed by atoms with E-state index in [1.807, 2.05) is 41.4 Å². The minimum atomic E-state index is 0.130. The molecule has 1 aromatic carbocycles. The summed E-state index contributed by atoms with van der Waals surface area (Å²) in [6, 6.07) is 8.05. The number of rotatable bonds is 3. The summed E-state index contributed by atoms with van der Waals surface area (Å²) in [6.45, 7) is 7.80. The summed E-state index contributed by atoms with van der Waals surface area (Å²) in [5.41, 5.74) is 1.88. The predicted molar refractivity (Wildman–Crippen MR) is 80.9 cm³/mol. The molecule has 4 heteroatoms. The van der Waals surface area contributed by atoms with E-state index in [9.17, 15) is 4.79 Å². The van der Waals surface area contributed by atoms with Crippen LogP contribution in [0.1, 0.15) is 10.4 Å². The molecule has 0 aliphatic carbocycles. The van der Waals surface area contributed by atoms with Gasteiger partial charge in [-0.15, -0.1) is 6.58 Å². The molecule has 2 aromatic rings. The van der Waals surface area contributed by atoms with E-state index in [1.54, 1.807) is 0 Å². The van der Waals surface area contributed by atoms with E-state index in [-0.39, 0.29) is 5.91 Å². The molecule has 0 radical (unpaired) electrons. The monoisotopic (exact) mass is 269 g/mol. The van der Waals surface area contributed by atoms with Crippen LogP contribution in [-0.2, 0) is 6.54 Å². The molecule has 1 saturated heterocycles. The van der Waals surface area contributed by atoms with E-state index in [1.165, 1.54) is 0 Å². The quantitative estimate of drug-likeness (QED) is 0.864. The minimum absolute atomic E-state index is 0.130. The second kappa shape index (κ2) is 5.51. The van der Waals surface area contributed by atoms with Crippen molar-refractivity contribution in [2.75, 3.05) is 26.2 Å². The number of nitrogens with zero attached hydrogens (tertiary/aromatic N) is 2. The number of carbonyl (C=O) groups is 1. The molecule has 0 spiro atoms. The van der Waals surface area contributed by atoms with Gasteiger partial charge in [0.2, 0.25) is 0 Å². The van der Waals surface area contributed by atoms with E-state index >= 15 is 0 Å². The Morgan fingerprint density at radius 1 is 1.30 bits per heavy atom. The average molecular weight is 269 g/mol. The molecule has 1 aromatic heterocycles. The molecule has 1 aliphatic heterocycles. The first-order valence-corrected chi connectivity index (χ1v) is 7.00. The van der Waals surface area contributed by atoms with Crippen LogP contribution < -0.4 is 5.32 Å². The molecule has 0 unspecified atom stereocenters. The van der Waals surface area contributed by atoms with Gasteiger partial charge in [-0.1, -0.05) is 24.3 Å². The molecule has 1 amide bonds. The lowest BCUT2D eigenvalue weighted by molar-refractivity contribution is 0.0737. The van der Waals surface area contributed by atoms with Crippen molar-refractivity contribution in [1.29, 1.82) is 0 Å². The molecule has 1 aliphatic rings. The van der Waals surface area contributed by atoms with Crippen LogP contribution in [0.4, 0.5) is 0 Å². The summed E-state index contributed by atoms with van der Waals surface area (Å²) in [4.78, 5) is 14.6. The van der Waals surface area contributed by atoms with E-state index in [0.29, 0.717) is 0 Å². The fourth-order valence-electron chi connectivity index (χ4n) is 2.75. The number of hydrogen-bond donors (Lipinski definition) is 1. The molecule has 0 atom stereocenters. The van der Waals surface area contributed by atoms with Gasteiger partial charge in [-0.25, -0.2) is 0 Å². The number of para-hydroxylation sites is 1. The Balaban J connectivity index is 2.01. The number of hydrogen-bond acceptors (Lipinski definition) is 2. The largest absolute Gasteiger partial charge is 0.343 e. The van der Waals surface area contributed by atoms with Crippen molar-refractivity contribution in [3.05, 3.63) is 48.7 Å². The number of aromatic nitrogens is 1. The zero-order chi connectivity index (χ0) is 13.9. The molecule has 20 heavy (non-hydrogen) atoms. The summed E-state index contributed by atoms with van der Waals surface area (Å²) in [6.07, 6.45) is 3.81. The normalized spacial score (nSPS) is 15.5. The third-order valence-corrected chi connectivity index (χ3v) is 3.75. The van der Waals surface area contributed by atoms with Crippen LogP contribution in [0.15, 0.2) is 43.1 Å². The lowest BCUT2D eigenvalue weighted by Gasteiger charge is -2.27. The summed E-state index contributed by atoms with van der Waals surface area (Å²) in [7, 11) is 0. The van der Waals surface area contributed by atoms with Gasteiger partial charge in [0.1, 0.15) is 0 Å². The highest BCUT2D eigenvalue weighted by Gasteiger charge is 2.21. The molecular weight excluding hydrogens is 250 g/mol. The first kappa shape index (κ1) is 12.9. The summed E-state index contributed by atoms with van der Waals surface area (Å²) in [5.74, 6) is 0.130. The zero-order valence-electron chi connectivity index (χ0n) is 11.5. The van der Waals surface area contributed by atoms with Crippen molar-refractivity contribution < 1.29 is 4.79 Å². The van der Waals surface area contributed by atoms with Gasteiger partial charge < -0.3 is 14.8 Å². The van der Waals surface area contributed by atoms with Gasteiger partial charge in [0.05, 0.1) is 5.56 Å². The van der Waals surface area contributed by atoms with Gasteiger partial charge in [-0.3, -0.25) is 4.79 Å². The standard InChI is InChI=1S/C16H19N3O/c1-2-9-19-12-14(13-5-3-4-6-15(13)19)16(20)18-10-7-17-8-11-18/h2-6,12,17H,1,7-11H2. The van der Waals surface area contributed by atoms with Gasteiger partial charge in [0.15, 0.2) is 0 Å². The van der Waals surface area contributed by atoms with Crippen LogP contribution in [0, 0.1) is 0 Å². The summed E-state index contributed by atoms with van der Waals surface area (Å²) >= 11 is 0. The molecule has 4 nitrogen and oxygen atoms in total. The molecule has 0 bridgehead atoms. The van der Waals surface area contributed by atoms with Gasteiger partial charge in [0.25, 0.3) is 5.91 Å². The van der Waals surface area contributed by atoms with Crippen LogP contribution in [-0.4, -0.2) is 41.6 Å². The first-order chi connectivity index (χ1) is 9.81. The highest BCUT2D eigenvalue weighted by atomic mass is 16.2. The average Bonchev–Trinajstić information content (AvgIpc) is 2.87. The Labute approximate surface area is 118 Å².